The Hall–Kier alpha value is -9.98. The normalized spacial score (nSPS) is 30.9. The van der Waals surface area contributed by atoms with Crippen molar-refractivity contribution in [1.29, 1.82) is 0 Å². The van der Waals surface area contributed by atoms with Gasteiger partial charge in [0.05, 0.1) is 40.1 Å². The number of phenols is 3. The van der Waals surface area contributed by atoms with E-state index in [1.54, 1.807) is 55.4 Å². The number of aliphatic hydroxyl groups excluding tert-OH is 6. The van der Waals surface area contributed by atoms with E-state index in [1.165, 1.54) is 50.2 Å². The maximum absolute atomic E-state index is 16.6. The Labute approximate surface area is 724 Å². The van der Waals surface area contributed by atoms with Crippen LogP contribution in [0.15, 0.2) is 78.9 Å². The number of halogens is 2. The predicted molar refractivity (Wildman–Crippen MR) is 440 cm³/mol. The van der Waals surface area contributed by atoms with Gasteiger partial charge in [-0.1, -0.05) is 55.2 Å². The number of hydrogen-bond acceptors (Lipinski definition) is 27. The number of ether oxygens (including phenoxy) is 8. The van der Waals surface area contributed by atoms with E-state index in [0.29, 0.717) is 11.8 Å². The number of rotatable bonds is 16. The lowest BCUT2D eigenvalue weighted by atomic mass is 9.51. The minimum absolute atomic E-state index is 0.0693. The minimum Gasteiger partial charge on any atom is -0.508 e. The largest absolute Gasteiger partial charge is 0.508 e. The van der Waals surface area contributed by atoms with Gasteiger partial charge in [0, 0.05) is 49.3 Å². The number of nitrogens with two attached hydrogens (primary N) is 1. The standard InChI is InChI=1S/C88H107Cl2N7O27/c1-36(2)17-54(92-84(115)123-86(4,5)6)81(113)95-70-57(102)26-46(29-65(91)105)79(111)93-68-45-27-62(118-60-15-12-41(72(70)106)24-52(60)89)76(122-83-77(75(109)74(108)64(35-98)120-83)121-66-34-88(10,78(110)37(3)117-66)97-85(116)124-87(7,8)9)63(28-45)119-61-16-13-42(25-53(61)90)73(107)71-82(114)94-69(59(104)32-48-43-19-38-18-39(21-43)22-44(48)20-38)51-30-47(99)31-56(101)67(51)50-23-40(11-14-55(50)100)49(33-58(68)103)80(112)96-71/h11-16,23-25,27-28,30-31,36-39,43-44,46,48-49,54,64,66,68-75,77-78,83,98-101,106-110H,17-22,26,29,32-35H2,1-10H3,(H2,91,105)(H,92,115)(H,93,111)(H,94,114)(H,95,113)(H,96,112)(H,97,116)/t37?,38?,39?,43?,44?,46-,48?,49+,54+,64?,66?,68+,69-,70-,71+,72+,73+,74?,75?,77?,78?,83?,88?/m0/s1. The molecule has 670 valence electrons. The Morgan fingerprint density at radius 2 is 1.27 bits per heavy atom. The van der Waals surface area contributed by atoms with E-state index in [-0.39, 0.29) is 81.4 Å². The Morgan fingerprint density at radius 1 is 0.661 bits per heavy atom. The van der Waals surface area contributed by atoms with Gasteiger partial charge in [0.1, 0.15) is 107 Å². The van der Waals surface area contributed by atoms with Crippen molar-refractivity contribution in [3.63, 3.8) is 0 Å². The zero-order valence-electron chi connectivity index (χ0n) is 70.0. The molecule has 7 amide bonds. The van der Waals surface area contributed by atoms with Crippen molar-refractivity contribution < 1.29 is 132 Å². The summed E-state index contributed by atoms with van der Waals surface area (Å²) < 4.78 is 50.4. The molecule has 5 aromatic rings. The maximum Gasteiger partial charge on any atom is 0.408 e. The monoisotopic (exact) mass is 1760 g/mol. The topological polar surface area (TPSA) is 525 Å². The number of carbonyl (C=O) groups excluding carboxylic acids is 10. The molecule has 7 aliphatic heterocycles. The van der Waals surface area contributed by atoms with Crippen molar-refractivity contribution in [2.75, 3.05) is 6.61 Å². The van der Waals surface area contributed by atoms with E-state index in [4.69, 9.17) is 66.8 Å². The molecule has 124 heavy (non-hydrogen) atoms. The van der Waals surface area contributed by atoms with Gasteiger partial charge >= 0.3 is 12.2 Å². The van der Waals surface area contributed by atoms with Gasteiger partial charge in [-0.2, -0.15) is 0 Å². The Morgan fingerprint density at radius 3 is 1.85 bits per heavy atom. The van der Waals surface area contributed by atoms with Crippen LogP contribution >= 0.6 is 23.2 Å². The molecule has 7 heterocycles. The van der Waals surface area contributed by atoms with Crippen LogP contribution < -0.4 is 51.8 Å². The van der Waals surface area contributed by atoms with Gasteiger partial charge in [-0.05, 0) is 212 Å². The van der Waals surface area contributed by atoms with E-state index in [9.17, 15) is 65.1 Å². The van der Waals surface area contributed by atoms with Gasteiger partial charge in [-0.15, -0.1) is 0 Å². The van der Waals surface area contributed by atoms with Crippen molar-refractivity contribution in [2.45, 2.75) is 254 Å². The minimum atomic E-state index is -2.25. The fourth-order valence-electron chi connectivity index (χ4n) is 18.8. The van der Waals surface area contributed by atoms with Crippen LogP contribution in [0.25, 0.3) is 11.1 Å². The number of ketones is 3. The third kappa shape index (κ3) is 20.3. The fourth-order valence-corrected chi connectivity index (χ4v) is 19.2. The Kier molecular flexibility index (Phi) is 27.0. The number of carbonyl (C=O) groups is 10. The molecule has 0 aromatic heterocycles. The first-order valence-electron chi connectivity index (χ1n) is 41.5. The average molecular weight is 1770 g/mol. The van der Waals surface area contributed by atoms with Crippen LogP contribution in [-0.4, -0.2) is 196 Å². The summed E-state index contributed by atoms with van der Waals surface area (Å²) >= 11 is 14.5. The summed E-state index contributed by atoms with van der Waals surface area (Å²) in [6.45, 7) is 15.0. The lowest BCUT2D eigenvalue weighted by Gasteiger charge is -2.54. The summed E-state index contributed by atoms with van der Waals surface area (Å²) in [5, 5.41) is 123. The van der Waals surface area contributed by atoms with Crippen LogP contribution in [0.3, 0.4) is 0 Å². The van der Waals surface area contributed by atoms with Gasteiger partial charge in [0.25, 0.3) is 0 Å². The number of Topliss-reactive ketones (excluding diaryl/α,β-unsaturated/α-hetero) is 3. The number of phenolic OH excluding ortho intramolecular Hbond substituents is 3. The first kappa shape index (κ1) is 91.7. The van der Waals surface area contributed by atoms with Gasteiger partial charge in [0.15, 0.2) is 41.2 Å². The highest BCUT2D eigenvalue weighted by molar-refractivity contribution is 6.32. The molecule has 17 N–H and O–H groups in total. The van der Waals surface area contributed by atoms with Crippen LogP contribution in [0.5, 0.6) is 46.0 Å². The van der Waals surface area contributed by atoms with Crippen molar-refractivity contribution in [3.8, 4) is 57.1 Å². The zero-order valence-corrected chi connectivity index (χ0v) is 71.5. The van der Waals surface area contributed by atoms with Crippen molar-refractivity contribution in [1.82, 2.24) is 31.9 Å². The predicted octanol–water partition coefficient (Wildman–Crippen LogP) is 7.90. The number of amides is 7. The summed E-state index contributed by atoms with van der Waals surface area (Å²) in [4.78, 5) is 150. The third-order valence-corrected chi connectivity index (χ3v) is 25.0. The number of aliphatic hydroxyl groups is 6. The smallest absolute Gasteiger partial charge is 0.408 e. The van der Waals surface area contributed by atoms with Crippen LogP contribution in [0.2, 0.25) is 10.0 Å². The van der Waals surface area contributed by atoms with Crippen LogP contribution in [0.1, 0.15) is 198 Å². The number of nitrogens with one attached hydrogen (secondary N) is 6. The second kappa shape index (κ2) is 36.5. The summed E-state index contributed by atoms with van der Waals surface area (Å²) in [5.41, 5.74) is 0.389. The van der Waals surface area contributed by atoms with Gasteiger partial charge in [-0.25, -0.2) is 9.59 Å². The molecule has 0 radical (unpaired) electrons. The lowest BCUT2D eigenvalue weighted by molar-refractivity contribution is -0.334. The maximum atomic E-state index is 16.6. The van der Waals surface area contributed by atoms with E-state index >= 15 is 28.8 Å². The first-order chi connectivity index (χ1) is 58.3. The molecule has 9 unspecified atom stereocenters. The number of fused-ring (bicyclic) bond motifs is 15. The summed E-state index contributed by atoms with van der Waals surface area (Å²) in [5.74, 6) is -16.5. The summed E-state index contributed by atoms with van der Waals surface area (Å²) in [7, 11) is 0. The molecule has 2 saturated heterocycles. The van der Waals surface area contributed by atoms with Gasteiger partial charge in [0.2, 0.25) is 41.6 Å². The number of primary amides is 1. The SMILES string of the molecule is CC(C)C[C@@H](NC(=O)OC(C)(C)C)C(=O)N[C@H]1C(=O)C[C@@H](CC(N)=O)C(=O)N[C@H]2C(=O)C[C@H]3C(=O)N[C@@H](C(=O)N[C@H](C(=O)CC4C5CC6CC(C5)CC4C6)c4cc(O)cc(O)c4-c4cc3ccc4O)[C@H](O)c3ccc(c(Cl)c3)Oc3cc2cc(c3OC2OC(CO)C(O)C(O)C2OC2CC(C)(NC(=O)OC(C)(C)C)C(O)C(C)O2)Oc2ccc(cc2Cl)[C@H]1O. The summed E-state index contributed by atoms with van der Waals surface area (Å²) in [6, 6.07) is 5.10. The second-order valence-electron chi connectivity index (χ2n) is 36.6. The molecule has 15 bridgehead atoms. The Balaban J connectivity index is 1.00. The van der Waals surface area contributed by atoms with Crippen LogP contribution in [0.4, 0.5) is 9.59 Å². The molecule has 0 spiro atoms. The average Bonchev–Trinajstić information content (AvgIpc) is 0.767. The fraction of sp³-hybridized carbons (Fsp3) is 0.545. The number of hydrogen-bond donors (Lipinski definition) is 16. The van der Waals surface area contributed by atoms with Gasteiger partial charge in [-0.3, -0.25) is 38.4 Å². The molecule has 16 rings (SSSR count). The highest BCUT2D eigenvalue weighted by atomic mass is 35.5. The van der Waals surface area contributed by atoms with E-state index < -0.39 is 262 Å². The van der Waals surface area contributed by atoms with E-state index in [2.05, 4.69) is 31.9 Å². The molecular weight excluding hydrogens is 1660 g/mol. The van der Waals surface area contributed by atoms with E-state index in [0.717, 1.165) is 74.6 Å². The number of aromatic hydroxyl groups is 3. The molecule has 5 aromatic carbocycles. The van der Waals surface area contributed by atoms with E-state index in [1.807, 2.05) is 0 Å². The molecule has 18 atom stereocenters. The Bertz CT molecular complexity index is 4950. The highest BCUT2D eigenvalue weighted by Crippen LogP contribution is 2.59. The first-order valence-corrected chi connectivity index (χ1v) is 42.3. The van der Waals surface area contributed by atoms with Crippen molar-refractivity contribution >= 4 is 82.3 Å². The third-order valence-electron chi connectivity index (χ3n) is 24.4. The second-order valence-corrected chi connectivity index (χ2v) is 37.4. The number of benzene rings is 5. The molecule has 6 fully saturated rings. The molecule has 11 aliphatic rings. The zero-order chi connectivity index (χ0) is 89.9. The molecule has 4 saturated carbocycles. The summed E-state index contributed by atoms with van der Waals surface area (Å²) in [6.07, 6.45) is -19.4. The lowest BCUT2D eigenvalue weighted by Crippen LogP contribution is -2.66. The van der Waals surface area contributed by atoms with Crippen molar-refractivity contribution in [2.24, 2.45) is 47.2 Å². The highest BCUT2D eigenvalue weighted by Gasteiger charge is 2.54. The molecular formula is C88H107Cl2N7O27. The van der Waals surface area contributed by atoms with Crippen LogP contribution in [-0.2, 0) is 62.0 Å². The quantitative estimate of drug-likeness (QED) is 0.0446. The molecule has 36 heteroatoms. The molecule has 34 nitrogen and oxygen atoms in total. The van der Waals surface area contributed by atoms with Gasteiger partial charge < -0.3 is 121 Å². The van der Waals surface area contributed by atoms with Crippen LogP contribution in [0, 0.1) is 41.4 Å². The molecule has 4 aliphatic carbocycles. The van der Waals surface area contributed by atoms with Crippen molar-refractivity contribution in [3.05, 3.63) is 117 Å². The number of alkyl carbamates (subject to hydrolysis) is 2.